The van der Waals surface area contributed by atoms with E-state index in [0.717, 1.165) is 24.5 Å². The Hall–Kier alpha value is -3.74. The molecule has 0 unspecified atom stereocenters. The molecule has 1 radical (unpaired) electrons. The van der Waals surface area contributed by atoms with E-state index in [-0.39, 0.29) is 60.4 Å². The summed E-state index contributed by atoms with van der Waals surface area (Å²) in [6, 6.07) is 20.9. The van der Waals surface area contributed by atoms with Gasteiger partial charge in [-0.2, -0.15) is 13.3 Å². The Bertz CT molecular complexity index is 1740. The van der Waals surface area contributed by atoms with Crippen LogP contribution in [0.5, 0.6) is 0 Å². The molecule has 2 aromatic heterocycles. The maximum absolute atomic E-state index is 7.50. The van der Waals surface area contributed by atoms with Gasteiger partial charge in [0.1, 0.15) is 0 Å². The number of hydrogen-bond donors (Lipinski definition) is 0. The first kappa shape index (κ1) is 61.6. The Morgan fingerprint density at radius 2 is 0.852 bits per heavy atom. The van der Waals surface area contributed by atoms with Crippen LogP contribution in [-0.4, -0.2) is 25.1 Å². The van der Waals surface area contributed by atoms with Crippen molar-refractivity contribution in [3.8, 4) is 0 Å². The average Bonchev–Trinajstić information content (AvgIpc) is 3.83. The monoisotopic (exact) mass is 1220 g/mol. The van der Waals surface area contributed by atoms with Crippen LogP contribution < -0.4 is 9.80 Å². The molecule has 0 N–H and O–H groups in total. The Labute approximate surface area is 405 Å². The van der Waals surface area contributed by atoms with E-state index < -0.39 is 0 Å². The van der Waals surface area contributed by atoms with Gasteiger partial charge in [-0.3, -0.25) is 9.97 Å². The molecule has 12 heteroatoms. The number of alkyl halides is 2. The van der Waals surface area contributed by atoms with E-state index in [2.05, 4.69) is 171 Å². The first-order chi connectivity index (χ1) is 27.7. The van der Waals surface area contributed by atoms with Crippen molar-refractivity contribution in [2.75, 3.05) is 15.1 Å². The molecule has 4 aromatic rings. The van der Waals surface area contributed by atoms with Gasteiger partial charge in [0.05, 0.1) is 16.7 Å². The van der Waals surface area contributed by atoms with Crippen molar-refractivity contribution in [2.24, 2.45) is 0 Å². The minimum absolute atomic E-state index is 0. The number of benzene rings is 2. The standard InChI is InChI=1S/2C18H20N3.C8H12.CH2Cl2.2CO.2CH3.2Ir/c2*1-14-10-15(2)18(16(3)11-14)21-9-8-20(13-21)12-17-6-4-5-7-19-17;1-2-4-6-8-7-5-3-1;2-1-3;2*1-2;;;;/h2*4-11,13H,12H2,1-3H3;1-2,7-8H,3-6H2;1H2;;;2*1H3;;/q2*-1;;;;;2*-1;;+3/b;;2-1-,8-7?;;;;;;;. The van der Waals surface area contributed by atoms with Gasteiger partial charge < -0.3 is 34.5 Å². The van der Waals surface area contributed by atoms with Gasteiger partial charge in [0.25, 0.3) is 0 Å². The zero-order valence-electron chi connectivity index (χ0n) is 36.6. The smallest absolute Gasteiger partial charge is 0.358 e. The van der Waals surface area contributed by atoms with Gasteiger partial charge in [0.2, 0.25) is 0 Å². The summed E-state index contributed by atoms with van der Waals surface area (Å²) in [5, 5.41) is 0.194. The molecule has 3 aliphatic rings. The summed E-state index contributed by atoms with van der Waals surface area (Å²) in [5.41, 5.74) is 12.5. The van der Waals surface area contributed by atoms with Crippen molar-refractivity contribution in [3.63, 3.8) is 0 Å². The first-order valence-corrected chi connectivity index (χ1v) is 19.7. The summed E-state index contributed by atoms with van der Waals surface area (Å²) < 4.78 is 15.0. The summed E-state index contributed by atoms with van der Waals surface area (Å²) in [5.74, 6) is 0. The van der Waals surface area contributed by atoms with Crippen molar-refractivity contribution in [1.82, 2.24) is 19.8 Å². The molecule has 0 saturated carbocycles. The van der Waals surface area contributed by atoms with Gasteiger partial charge in [0, 0.05) is 57.0 Å². The summed E-state index contributed by atoms with van der Waals surface area (Å²) in [6.07, 6.45) is 26.1. The number of hydrogen-bond acceptors (Lipinski definition) is 6. The third-order valence-corrected chi connectivity index (χ3v) is 8.64. The number of allylic oxidation sites excluding steroid dienone is 4. The van der Waals surface area contributed by atoms with E-state index in [9.17, 15) is 0 Å². The largest absolute Gasteiger partial charge is 3.00 e. The molecule has 8 nitrogen and oxygen atoms in total. The third-order valence-electron chi connectivity index (χ3n) is 8.64. The van der Waals surface area contributed by atoms with Crippen LogP contribution in [0.15, 0.2) is 122 Å². The molecule has 2 aliphatic heterocycles. The molecule has 0 atom stereocenters. The van der Waals surface area contributed by atoms with E-state index in [1.165, 1.54) is 70.4 Å². The quantitative estimate of drug-likeness (QED) is 0.0828. The van der Waals surface area contributed by atoms with E-state index in [1.807, 2.05) is 48.8 Å². The van der Waals surface area contributed by atoms with Crippen LogP contribution in [0, 0.1) is 83.0 Å². The maximum atomic E-state index is 7.50. The molecule has 4 heterocycles. The second-order valence-electron chi connectivity index (χ2n) is 13.3. The van der Waals surface area contributed by atoms with Gasteiger partial charge in [-0.25, -0.2) is 0 Å². The molecule has 2 aromatic carbocycles. The third kappa shape index (κ3) is 22.3. The predicted molar refractivity (Wildman–Crippen MR) is 247 cm³/mol. The van der Waals surface area contributed by atoms with Crippen molar-refractivity contribution in [1.29, 1.82) is 0 Å². The zero-order valence-corrected chi connectivity index (χ0v) is 42.9. The van der Waals surface area contributed by atoms with Crippen LogP contribution >= 0.6 is 23.2 Å². The topological polar surface area (TPSA) is 78.5 Å². The molecule has 0 amide bonds. The Kier molecular flexibility index (Phi) is 36.1. The first-order valence-electron chi connectivity index (χ1n) is 18.6. The normalized spacial score (nSPS) is 13.2. The van der Waals surface area contributed by atoms with Gasteiger partial charge in [0.15, 0.2) is 0 Å². The van der Waals surface area contributed by atoms with Crippen molar-refractivity contribution in [2.45, 2.75) is 80.3 Å². The summed E-state index contributed by atoms with van der Waals surface area (Å²) in [7, 11) is 0. The molecule has 61 heavy (non-hydrogen) atoms. The fourth-order valence-corrected chi connectivity index (χ4v) is 6.61. The molecule has 331 valence electrons. The van der Waals surface area contributed by atoms with Crippen LogP contribution in [0.2, 0.25) is 0 Å². The van der Waals surface area contributed by atoms with E-state index >= 15 is 0 Å². The predicted octanol–water partition coefficient (Wildman–Crippen LogP) is 12.8. The van der Waals surface area contributed by atoms with E-state index in [4.69, 9.17) is 32.5 Å². The van der Waals surface area contributed by atoms with Crippen LogP contribution in [0.25, 0.3) is 0 Å². The Morgan fingerprint density at radius 1 is 0.557 bits per heavy atom. The summed E-state index contributed by atoms with van der Waals surface area (Å²) in [4.78, 5) is 17.4. The molecule has 0 fully saturated rings. The number of anilines is 2. The maximum Gasteiger partial charge on any atom is 3.00 e. The van der Waals surface area contributed by atoms with Gasteiger partial charge in [-0.15, -0.1) is 23.2 Å². The number of aromatic nitrogens is 2. The molecular weight excluding hydrogens is 1160 g/mol. The minimum Gasteiger partial charge on any atom is -0.358 e. The molecule has 1 aliphatic carbocycles. The number of pyridine rings is 2. The number of aryl methyl sites for hydroxylation is 6. The molecule has 7 rings (SSSR count). The second-order valence-corrected chi connectivity index (χ2v) is 14.1. The molecular formula is C49H60Cl2Ir2N6O2-. The fraction of sp³-hybridized carbons (Fsp3) is 0.265. The molecule has 0 spiro atoms. The van der Waals surface area contributed by atoms with Gasteiger partial charge in [-0.1, -0.05) is 71.8 Å². The SMILES string of the molecule is C1=CCC/C=C\CC1.Cc1cc(C)c(N2C=CN(Cc3ccccn3)[CH-]2)c(C)c1.Cc1cc(C)c(N2C=CN(Cc3ccccn3)[CH-]2)c(C)c1.ClCCl.[C-]#[O+].[C-]#[O+].[CH3-].[CH3-].[Ir+3].[Ir]. The molecule has 0 saturated heterocycles. The Balaban J connectivity index is -0.000000794. The summed E-state index contributed by atoms with van der Waals surface area (Å²) >= 11 is 9.53. The molecule has 0 bridgehead atoms. The summed E-state index contributed by atoms with van der Waals surface area (Å²) in [6.45, 7) is 27.8. The number of nitrogens with zero attached hydrogens (tertiary/aromatic N) is 6. The van der Waals surface area contributed by atoms with Crippen LogP contribution in [0.4, 0.5) is 11.4 Å². The van der Waals surface area contributed by atoms with Gasteiger partial charge in [-0.05, 0) is 139 Å². The van der Waals surface area contributed by atoms with E-state index in [1.54, 1.807) is 0 Å². The van der Waals surface area contributed by atoms with Crippen LogP contribution in [-0.2, 0) is 62.6 Å². The number of rotatable bonds is 6. The van der Waals surface area contributed by atoms with Gasteiger partial charge >= 0.3 is 42.7 Å². The number of halogens is 2. The van der Waals surface area contributed by atoms with Crippen molar-refractivity contribution >= 4 is 34.6 Å². The van der Waals surface area contributed by atoms with Crippen LogP contribution in [0.1, 0.15) is 70.5 Å². The zero-order chi connectivity index (χ0) is 42.0. The van der Waals surface area contributed by atoms with Crippen molar-refractivity contribution in [3.05, 3.63) is 208 Å². The van der Waals surface area contributed by atoms with Crippen molar-refractivity contribution < 1.29 is 49.5 Å². The second kappa shape index (κ2) is 35.8. The minimum atomic E-state index is 0. The van der Waals surface area contributed by atoms with E-state index in [0.29, 0.717) is 0 Å². The average molecular weight is 1220 g/mol. The Morgan fingerprint density at radius 3 is 1.11 bits per heavy atom. The van der Waals surface area contributed by atoms with Crippen LogP contribution in [0.3, 0.4) is 0 Å². The fourth-order valence-electron chi connectivity index (χ4n) is 6.61.